The minimum Gasteiger partial charge on any atom is -0.468 e. The predicted molar refractivity (Wildman–Crippen MR) is 260 cm³/mol. The molecule has 0 radical (unpaired) electrons. The molecule has 1 spiro atoms. The third-order valence-corrected chi connectivity index (χ3v) is 17.0. The number of carbonyl (C=O) groups is 1. The number of hydrogen-bond donors (Lipinski definition) is 3. The Bertz CT molecular complexity index is 2830. The largest absolute Gasteiger partial charge is 0.468 e. The van der Waals surface area contributed by atoms with E-state index in [2.05, 4.69) is 62.9 Å². The molecular weight excluding hydrogens is 885 g/mol. The number of benzene rings is 3. The first-order chi connectivity index (χ1) is 32.9. The van der Waals surface area contributed by atoms with Gasteiger partial charge < -0.3 is 34.3 Å². The van der Waals surface area contributed by atoms with Crippen LogP contribution in [0.1, 0.15) is 98.7 Å². The zero-order valence-electron chi connectivity index (χ0n) is 38.7. The highest BCUT2D eigenvalue weighted by atomic mass is 32.2. The Balaban J connectivity index is 0.865. The Morgan fingerprint density at radius 2 is 1.76 bits per heavy atom. The SMILES string of the molecule is CC(C)c1ccccc1[C@H]1CCCN1C1CC2(CCN(c3ccc(C(=O)NS(=O)(=O)c4ccc(NCC5CCOCC5)c([N+](=O)[O-])c4)c(N4c5cc6cc[nH]c6nc5O[C@H]5COC[C@@H]54)c3)CC2)C1. The minimum atomic E-state index is -4.59. The maximum Gasteiger partial charge on any atom is 0.293 e. The number of sulfonamides is 1. The molecule has 3 N–H and O–H groups in total. The highest BCUT2D eigenvalue weighted by Crippen LogP contribution is 2.55. The van der Waals surface area contributed by atoms with Crippen LogP contribution in [0.15, 0.2) is 83.9 Å². The second kappa shape index (κ2) is 18.0. The first kappa shape index (κ1) is 44.7. The smallest absolute Gasteiger partial charge is 0.293 e. The number of carbonyl (C=O) groups excluding carboxylic acids is 1. The van der Waals surface area contributed by atoms with Gasteiger partial charge in [-0.2, -0.15) is 4.98 Å². The van der Waals surface area contributed by atoms with Crippen molar-refractivity contribution in [2.24, 2.45) is 11.3 Å². The molecular formula is C51H60N8O8S. The van der Waals surface area contributed by atoms with Gasteiger partial charge in [0, 0.05) is 68.3 Å². The molecule has 5 fully saturated rings. The van der Waals surface area contributed by atoms with Crippen LogP contribution in [-0.4, -0.2) is 105 Å². The van der Waals surface area contributed by atoms with Crippen LogP contribution in [-0.2, 0) is 19.5 Å². The number of nitrogens with zero attached hydrogens (tertiary/aromatic N) is 5. The molecule has 0 bridgehead atoms. The number of rotatable bonds is 12. The van der Waals surface area contributed by atoms with E-state index in [1.807, 2.05) is 35.4 Å². The van der Waals surface area contributed by atoms with Crippen LogP contribution in [0, 0.1) is 21.4 Å². The fourth-order valence-corrected chi connectivity index (χ4v) is 13.0. The molecule has 1 aliphatic carbocycles. The highest BCUT2D eigenvalue weighted by Gasteiger charge is 2.50. The van der Waals surface area contributed by atoms with Crippen molar-refractivity contribution in [1.82, 2.24) is 19.6 Å². The maximum atomic E-state index is 14.6. The van der Waals surface area contributed by atoms with E-state index in [0.717, 1.165) is 62.5 Å². The molecule has 68 heavy (non-hydrogen) atoms. The number of amides is 1. The van der Waals surface area contributed by atoms with Crippen molar-refractivity contribution >= 4 is 55.4 Å². The van der Waals surface area contributed by atoms with Crippen LogP contribution >= 0.6 is 0 Å². The molecule has 5 aliphatic heterocycles. The van der Waals surface area contributed by atoms with Gasteiger partial charge in [0.25, 0.3) is 21.6 Å². The van der Waals surface area contributed by atoms with Gasteiger partial charge in [0.2, 0.25) is 5.88 Å². The summed E-state index contributed by atoms with van der Waals surface area (Å²) in [5.74, 6) is 0.269. The number of likely N-dealkylation sites (tertiary alicyclic amines) is 1. The van der Waals surface area contributed by atoms with Crippen molar-refractivity contribution in [2.45, 2.75) is 100 Å². The average molecular weight is 945 g/mol. The average Bonchev–Trinajstić information content (AvgIpc) is 4.13. The van der Waals surface area contributed by atoms with Crippen molar-refractivity contribution in [3.05, 3.63) is 106 Å². The van der Waals surface area contributed by atoms with Crippen LogP contribution in [0.25, 0.3) is 11.0 Å². The summed E-state index contributed by atoms with van der Waals surface area (Å²) in [6.07, 6.45) is 10.0. The first-order valence-electron chi connectivity index (χ1n) is 24.4. The van der Waals surface area contributed by atoms with Gasteiger partial charge in [-0.05, 0) is 129 Å². The van der Waals surface area contributed by atoms with Crippen molar-refractivity contribution < 1.29 is 32.3 Å². The molecule has 6 aliphatic rings. The Kier molecular flexibility index (Phi) is 11.8. The molecule has 16 nitrogen and oxygen atoms in total. The number of ether oxygens (including phenoxy) is 3. The van der Waals surface area contributed by atoms with Crippen LogP contribution < -0.4 is 24.6 Å². The summed E-state index contributed by atoms with van der Waals surface area (Å²) in [6.45, 7) is 9.82. The standard InChI is InChI=1S/C51H60N8O8S/c1-32(2)38-6-3-4-7-39(38)42-8-5-19-57(42)36-27-51(28-36)16-20-56(21-17-51)35-9-11-40(43(25-35)58-45-24-34-13-18-52-48(34)54-50(45)67-47-31-66-30-46(47)58)49(60)55-68(63,64)37-10-12-41(44(26-37)59(61)62)53-29-33-14-22-65-23-15-33/h3-4,6-7,9-13,18,24-26,32-33,36,42,46-47,53H,5,8,14-17,19-23,27-31H2,1-2H3,(H,52,54)(H,55,60)/t42-,46+,47+/m1/s1. The van der Waals surface area contributed by atoms with E-state index in [1.165, 1.54) is 48.9 Å². The zero-order valence-corrected chi connectivity index (χ0v) is 39.5. The molecule has 358 valence electrons. The zero-order chi connectivity index (χ0) is 46.7. The Labute approximate surface area is 396 Å². The van der Waals surface area contributed by atoms with Crippen molar-refractivity contribution in [2.75, 3.05) is 67.7 Å². The molecule has 17 heteroatoms. The van der Waals surface area contributed by atoms with Gasteiger partial charge in [-0.1, -0.05) is 38.1 Å². The molecule has 3 aromatic carbocycles. The summed E-state index contributed by atoms with van der Waals surface area (Å²) in [6, 6.07) is 22.9. The molecule has 3 atom stereocenters. The van der Waals surface area contributed by atoms with E-state index >= 15 is 0 Å². The van der Waals surface area contributed by atoms with Gasteiger partial charge in [-0.15, -0.1) is 0 Å². The molecule has 4 saturated heterocycles. The van der Waals surface area contributed by atoms with Gasteiger partial charge in [0.1, 0.15) is 23.1 Å². The molecule has 7 heterocycles. The van der Waals surface area contributed by atoms with E-state index < -0.39 is 37.5 Å². The second-order valence-electron chi connectivity index (χ2n) is 20.1. The minimum absolute atomic E-state index is 0.115. The normalized spacial score (nSPS) is 23.1. The molecule has 1 saturated carbocycles. The summed E-state index contributed by atoms with van der Waals surface area (Å²) < 4.78 is 48.3. The predicted octanol–water partition coefficient (Wildman–Crippen LogP) is 8.44. The summed E-state index contributed by atoms with van der Waals surface area (Å²) >= 11 is 0. The third-order valence-electron chi connectivity index (χ3n) is 15.7. The first-order valence-corrected chi connectivity index (χ1v) is 25.8. The maximum absolute atomic E-state index is 14.6. The lowest BCUT2D eigenvalue weighted by atomic mass is 9.59. The van der Waals surface area contributed by atoms with Gasteiger partial charge >= 0.3 is 0 Å². The van der Waals surface area contributed by atoms with E-state index in [4.69, 9.17) is 19.2 Å². The number of hydrogen-bond acceptors (Lipinski definition) is 13. The quantitative estimate of drug-likeness (QED) is 0.0801. The van der Waals surface area contributed by atoms with E-state index in [9.17, 15) is 23.3 Å². The number of nitro benzene ring substituents is 1. The van der Waals surface area contributed by atoms with Crippen molar-refractivity contribution in [3.63, 3.8) is 0 Å². The van der Waals surface area contributed by atoms with Gasteiger partial charge in [0.15, 0.2) is 0 Å². The monoisotopic (exact) mass is 944 g/mol. The number of H-pyrrole nitrogens is 1. The number of pyridine rings is 1. The number of piperidine rings is 1. The van der Waals surface area contributed by atoms with Crippen LogP contribution in [0.2, 0.25) is 0 Å². The molecule has 5 aromatic rings. The van der Waals surface area contributed by atoms with Gasteiger partial charge in [0.05, 0.1) is 40.3 Å². The van der Waals surface area contributed by atoms with Gasteiger partial charge in [-0.3, -0.25) is 19.8 Å². The Morgan fingerprint density at radius 3 is 2.56 bits per heavy atom. The summed E-state index contributed by atoms with van der Waals surface area (Å²) in [5.41, 5.74) is 5.88. The second-order valence-corrected chi connectivity index (χ2v) is 21.8. The van der Waals surface area contributed by atoms with Gasteiger partial charge in [-0.25, -0.2) is 13.1 Å². The Morgan fingerprint density at radius 1 is 0.956 bits per heavy atom. The number of aromatic nitrogens is 2. The summed E-state index contributed by atoms with van der Waals surface area (Å²) in [4.78, 5) is 41.0. The topological polar surface area (TPSA) is 184 Å². The van der Waals surface area contributed by atoms with E-state index in [-0.39, 0.29) is 23.2 Å². The Hall–Kier alpha value is -5.75. The molecule has 11 rings (SSSR count). The lowest BCUT2D eigenvalue weighted by Crippen LogP contribution is -2.55. The molecule has 1 amide bonds. The number of nitro groups is 1. The lowest BCUT2D eigenvalue weighted by Gasteiger charge is -2.56. The van der Waals surface area contributed by atoms with E-state index in [0.29, 0.717) is 79.3 Å². The highest BCUT2D eigenvalue weighted by molar-refractivity contribution is 7.90. The van der Waals surface area contributed by atoms with Crippen molar-refractivity contribution in [1.29, 1.82) is 0 Å². The number of anilines is 4. The fraction of sp³-hybridized carbons (Fsp3) is 0.490. The van der Waals surface area contributed by atoms with Crippen LogP contribution in [0.3, 0.4) is 0 Å². The molecule has 0 unspecified atom stereocenters. The number of fused-ring (bicyclic) bond motifs is 3. The summed E-state index contributed by atoms with van der Waals surface area (Å²) in [7, 11) is -4.59. The fourth-order valence-electron chi connectivity index (χ4n) is 12.0. The van der Waals surface area contributed by atoms with Crippen molar-refractivity contribution in [3.8, 4) is 5.88 Å². The summed E-state index contributed by atoms with van der Waals surface area (Å²) in [5, 5.41) is 16.3. The van der Waals surface area contributed by atoms with Crippen LogP contribution in [0.5, 0.6) is 5.88 Å². The third kappa shape index (κ3) is 8.34. The van der Waals surface area contributed by atoms with Crippen LogP contribution in [0.4, 0.5) is 28.4 Å². The lowest BCUT2D eigenvalue weighted by molar-refractivity contribution is -0.384. The van der Waals surface area contributed by atoms with E-state index in [1.54, 1.807) is 6.07 Å². The number of aromatic amines is 1. The molecule has 2 aromatic heterocycles. The number of nitrogens with one attached hydrogen (secondary N) is 3.